The molecule has 0 aromatic heterocycles. The molecule has 0 saturated carbocycles. The fourth-order valence-corrected chi connectivity index (χ4v) is 8.50. The lowest BCUT2D eigenvalue weighted by Gasteiger charge is -2.42. The van der Waals surface area contributed by atoms with Gasteiger partial charge in [-0.2, -0.15) is 0 Å². The minimum Gasteiger partial charge on any atom is -0.457 e. The Labute approximate surface area is 452 Å². The normalized spacial score (nSPS) is 25.3. The Balaban J connectivity index is 1.73. The van der Waals surface area contributed by atoms with Crippen LogP contribution in [0.1, 0.15) is 181 Å². The van der Waals surface area contributed by atoms with E-state index in [1.165, 1.54) is 38.5 Å². The minimum absolute atomic E-state index is 0.0413. The summed E-state index contributed by atoms with van der Waals surface area (Å²) in [6.07, 6.45) is 46.0. The maximum Gasteiger partial charge on any atom is 0.306 e. The number of carbonyl (C=O) groups is 1. The van der Waals surface area contributed by atoms with E-state index in [-0.39, 0.29) is 19.6 Å². The molecule has 14 heteroatoms. The van der Waals surface area contributed by atoms with Crippen molar-refractivity contribution in [1.82, 2.24) is 0 Å². The molecule has 11 atom stereocenters. The number of allylic oxidation sites excluding steroid dienone is 16. The van der Waals surface area contributed by atoms with Gasteiger partial charge in [0.1, 0.15) is 54.9 Å². The second kappa shape index (κ2) is 47.0. The van der Waals surface area contributed by atoms with Crippen molar-refractivity contribution >= 4 is 5.97 Å². The van der Waals surface area contributed by atoms with Crippen molar-refractivity contribution in [2.24, 2.45) is 0 Å². The topological polar surface area (TPSA) is 214 Å². The number of carbonyl (C=O) groups excluding carboxylic acids is 1. The first-order valence-corrected chi connectivity index (χ1v) is 28.8. The third-order valence-corrected chi connectivity index (χ3v) is 13.1. The van der Waals surface area contributed by atoms with E-state index in [0.29, 0.717) is 13.0 Å². The quantitative estimate of drug-likeness (QED) is 0.0172. The summed E-state index contributed by atoms with van der Waals surface area (Å²) in [7, 11) is 0. The van der Waals surface area contributed by atoms with Gasteiger partial charge < -0.3 is 64.2 Å². The number of hydrogen-bond acceptors (Lipinski definition) is 14. The third kappa shape index (κ3) is 33.7. The van der Waals surface area contributed by atoms with Crippen molar-refractivity contribution in [2.75, 3.05) is 33.0 Å². The first kappa shape index (κ1) is 68.0. The van der Waals surface area contributed by atoms with E-state index in [9.17, 15) is 40.5 Å². The van der Waals surface area contributed by atoms with E-state index in [2.05, 4.69) is 111 Å². The molecule has 75 heavy (non-hydrogen) atoms. The molecule has 0 aliphatic carbocycles. The molecule has 2 heterocycles. The molecular weight excluding hydrogens is 957 g/mol. The van der Waals surface area contributed by atoms with Gasteiger partial charge in [-0.3, -0.25) is 4.79 Å². The summed E-state index contributed by atoms with van der Waals surface area (Å²) < 4.78 is 34.4. The van der Waals surface area contributed by atoms with Crippen LogP contribution in [0.5, 0.6) is 0 Å². The molecule has 0 amide bonds. The van der Waals surface area contributed by atoms with Crippen molar-refractivity contribution < 1.29 is 69.0 Å². The van der Waals surface area contributed by atoms with Gasteiger partial charge in [-0.15, -0.1) is 0 Å². The molecule has 2 fully saturated rings. The molecule has 2 aliphatic heterocycles. The van der Waals surface area contributed by atoms with E-state index in [4.69, 9.17) is 28.4 Å². The van der Waals surface area contributed by atoms with Crippen LogP contribution in [0.15, 0.2) is 97.2 Å². The molecule has 0 aromatic rings. The maximum absolute atomic E-state index is 13.1. The molecular formula is C61H102O14. The Morgan fingerprint density at radius 2 is 0.827 bits per heavy atom. The predicted octanol–water partition coefficient (Wildman–Crippen LogP) is 10.2. The van der Waals surface area contributed by atoms with E-state index in [1.54, 1.807) is 0 Å². The van der Waals surface area contributed by atoms with Crippen LogP contribution < -0.4 is 0 Å². The molecule has 2 saturated heterocycles. The van der Waals surface area contributed by atoms with Crippen LogP contribution in [0.4, 0.5) is 0 Å². The monoisotopic (exact) mass is 1060 g/mol. The van der Waals surface area contributed by atoms with Gasteiger partial charge in [0.05, 0.1) is 26.4 Å². The Hall–Kier alpha value is -3.09. The molecule has 430 valence electrons. The van der Waals surface area contributed by atoms with Crippen LogP contribution in [0.25, 0.3) is 0 Å². The first-order chi connectivity index (χ1) is 36.6. The zero-order valence-corrected chi connectivity index (χ0v) is 46.0. The zero-order valence-electron chi connectivity index (χ0n) is 46.0. The number of aliphatic hydroxyl groups is 7. The highest BCUT2D eigenvalue weighted by molar-refractivity contribution is 5.69. The summed E-state index contributed by atoms with van der Waals surface area (Å²) in [6, 6.07) is 0. The lowest BCUT2D eigenvalue weighted by atomic mass is 9.98. The second-order valence-corrected chi connectivity index (χ2v) is 19.7. The zero-order chi connectivity index (χ0) is 54.4. The van der Waals surface area contributed by atoms with Crippen molar-refractivity contribution in [1.29, 1.82) is 0 Å². The highest BCUT2D eigenvalue weighted by Crippen LogP contribution is 2.26. The fraction of sp³-hybridized carbons (Fsp3) is 0.721. The number of rotatable bonds is 45. The molecule has 0 radical (unpaired) electrons. The van der Waals surface area contributed by atoms with E-state index < -0.39 is 86.7 Å². The number of hydrogen-bond donors (Lipinski definition) is 7. The fourth-order valence-electron chi connectivity index (χ4n) is 8.50. The molecule has 2 aliphatic rings. The van der Waals surface area contributed by atoms with E-state index in [0.717, 1.165) is 116 Å². The summed E-state index contributed by atoms with van der Waals surface area (Å²) in [5.74, 6) is -0.392. The van der Waals surface area contributed by atoms with E-state index >= 15 is 0 Å². The molecule has 0 spiro atoms. The second-order valence-electron chi connectivity index (χ2n) is 19.7. The highest BCUT2D eigenvalue weighted by atomic mass is 16.7. The highest BCUT2D eigenvalue weighted by Gasteiger charge is 2.47. The van der Waals surface area contributed by atoms with Gasteiger partial charge >= 0.3 is 5.97 Å². The number of esters is 1. The van der Waals surface area contributed by atoms with Crippen LogP contribution in [0, 0.1) is 0 Å². The van der Waals surface area contributed by atoms with Gasteiger partial charge in [0.2, 0.25) is 0 Å². The molecule has 0 aromatic carbocycles. The SMILES string of the molecule is CC/C=C\C/C=C\C/C=C\C/C=C\CCCCCCCCCCCCC(=O)OC(COCCCCCCC/C=C\C/C=C\C/C=C\C/C=C\CC)COC1OC(COC2OC(CO)C(O)C(O)C2O)C(O)C(O)C1O. The van der Waals surface area contributed by atoms with Crippen LogP contribution in [0.2, 0.25) is 0 Å². The molecule has 7 N–H and O–H groups in total. The molecule has 2 rings (SSSR count). The van der Waals surface area contributed by atoms with Crippen LogP contribution in [-0.2, 0) is 33.2 Å². The van der Waals surface area contributed by atoms with Gasteiger partial charge in [-0.05, 0) is 89.9 Å². The Kier molecular flexibility index (Phi) is 42.6. The third-order valence-electron chi connectivity index (χ3n) is 13.1. The predicted molar refractivity (Wildman–Crippen MR) is 298 cm³/mol. The number of ether oxygens (including phenoxy) is 6. The standard InChI is InChI=1S/C61H102O14/c1-3-5-7-9-11-13-15-17-19-21-23-24-25-26-27-28-30-32-34-36-38-40-42-44-53(63)73-50(47-70-45-43-41-39-37-35-33-31-29-22-20-18-16-14-12-10-8-6-4-2)48-71-60-59(69)57(67)55(65)52(75-60)49-72-61-58(68)56(66)54(64)51(46-62)74-61/h5-8,11-14,17-20,23-24,29,31,50-52,54-62,64-69H,3-4,9-10,15-16,21-22,25-28,30,32-49H2,1-2H3/b7-5-,8-6-,13-11-,14-12-,19-17-,20-18-,24-23-,31-29-. The molecule has 0 bridgehead atoms. The minimum atomic E-state index is -1.72. The first-order valence-electron chi connectivity index (χ1n) is 28.8. The lowest BCUT2D eigenvalue weighted by Crippen LogP contribution is -2.61. The Morgan fingerprint density at radius 1 is 0.440 bits per heavy atom. The lowest BCUT2D eigenvalue weighted by molar-refractivity contribution is -0.332. The van der Waals surface area contributed by atoms with Crippen molar-refractivity contribution in [3.8, 4) is 0 Å². The Morgan fingerprint density at radius 3 is 1.29 bits per heavy atom. The largest absolute Gasteiger partial charge is 0.457 e. The van der Waals surface area contributed by atoms with Crippen molar-refractivity contribution in [2.45, 2.75) is 248 Å². The summed E-state index contributed by atoms with van der Waals surface area (Å²) in [6.45, 7) is 3.40. The van der Waals surface area contributed by atoms with Gasteiger partial charge in [0.15, 0.2) is 12.6 Å². The molecule has 14 nitrogen and oxygen atoms in total. The average molecular weight is 1060 g/mol. The number of aliphatic hydroxyl groups excluding tert-OH is 7. The summed E-state index contributed by atoms with van der Waals surface area (Å²) in [5.41, 5.74) is 0. The number of unbranched alkanes of at least 4 members (excludes halogenated alkanes) is 15. The van der Waals surface area contributed by atoms with Crippen LogP contribution in [-0.4, -0.2) is 142 Å². The summed E-state index contributed by atoms with van der Waals surface area (Å²) >= 11 is 0. The van der Waals surface area contributed by atoms with Gasteiger partial charge in [0, 0.05) is 13.0 Å². The smallest absolute Gasteiger partial charge is 0.306 e. The molecule has 11 unspecified atom stereocenters. The maximum atomic E-state index is 13.1. The van der Waals surface area contributed by atoms with Gasteiger partial charge in [-0.25, -0.2) is 0 Å². The Bertz CT molecular complexity index is 1610. The average Bonchev–Trinajstić information content (AvgIpc) is 3.41. The van der Waals surface area contributed by atoms with Crippen LogP contribution in [0.3, 0.4) is 0 Å². The van der Waals surface area contributed by atoms with Gasteiger partial charge in [0.25, 0.3) is 0 Å². The van der Waals surface area contributed by atoms with Crippen molar-refractivity contribution in [3.63, 3.8) is 0 Å². The summed E-state index contributed by atoms with van der Waals surface area (Å²) in [4.78, 5) is 13.1. The van der Waals surface area contributed by atoms with Crippen LogP contribution >= 0.6 is 0 Å². The van der Waals surface area contributed by atoms with Crippen molar-refractivity contribution in [3.05, 3.63) is 97.2 Å². The van der Waals surface area contributed by atoms with Gasteiger partial charge in [-0.1, -0.05) is 182 Å². The van der Waals surface area contributed by atoms with E-state index in [1.807, 2.05) is 0 Å². The summed E-state index contributed by atoms with van der Waals surface area (Å²) in [5, 5.41) is 72.3.